The van der Waals surface area contributed by atoms with Crippen LogP contribution in [0.15, 0.2) is 48.8 Å². The molecule has 1 atom stereocenters. The topological polar surface area (TPSA) is 73.3 Å². The molecule has 0 spiro atoms. The zero-order chi connectivity index (χ0) is 20.6. The number of rotatable bonds is 8. The molecule has 28 heavy (non-hydrogen) atoms. The van der Waals surface area contributed by atoms with Gasteiger partial charge in [0.15, 0.2) is 0 Å². The first-order valence-electron chi connectivity index (χ1n) is 8.90. The minimum atomic E-state index is -3.36. The number of amides is 1. The van der Waals surface area contributed by atoms with Crippen LogP contribution in [-0.2, 0) is 22.5 Å². The first-order chi connectivity index (χ1) is 13.2. The lowest BCUT2D eigenvalue weighted by Gasteiger charge is -2.28. The molecular formula is C20H25F2N3O3. The van der Waals surface area contributed by atoms with Gasteiger partial charge in [-0.05, 0) is 32.4 Å². The van der Waals surface area contributed by atoms with Crippen molar-refractivity contribution in [1.29, 1.82) is 0 Å². The smallest absolute Gasteiger partial charge is 0.408 e. The summed E-state index contributed by atoms with van der Waals surface area (Å²) in [5, 5.41) is 2.24. The van der Waals surface area contributed by atoms with Crippen molar-refractivity contribution in [2.45, 2.75) is 51.4 Å². The molecule has 6 nitrogen and oxygen atoms in total. The lowest BCUT2D eigenvalue weighted by atomic mass is 10.1. The monoisotopic (exact) mass is 393 g/mol. The number of benzene rings is 1. The molecule has 0 saturated carbocycles. The zero-order valence-electron chi connectivity index (χ0n) is 16.2. The molecule has 152 valence electrons. The highest BCUT2D eigenvalue weighted by Gasteiger charge is 2.42. The van der Waals surface area contributed by atoms with Crippen LogP contribution < -0.4 is 5.32 Å². The van der Waals surface area contributed by atoms with E-state index in [1.807, 2.05) is 6.07 Å². The summed E-state index contributed by atoms with van der Waals surface area (Å²) in [5.74, 6) is -3.17. The minimum Gasteiger partial charge on any atom is -0.444 e. The number of hydrogen-bond acceptors (Lipinski definition) is 5. The summed E-state index contributed by atoms with van der Waals surface area (Å²) < 4.78 is 40.0. The predicted molar refractivity (Wildman–Crippen MR) is 99.9 cm³/mol. The minimum absolute atomic E-state index is 0.0391. The first-order valence-corrected chi connectivity index (χ1v) is 8.90. The van der Waals surface area contributed by atoms with Crippen LogP contribution in [0.25, 0.3) is 0 Å². The van der Waals surface area contributed by atoms with Crippen LogP contribution in [0, 0.1) is 0 Å². The number of hydrogen-bond donors (Lipinski definition) is 1. The lowest BCUT2D eigenvalue weighted by Crippen LogP contribution is -2.52. The SMILES string of the molecule is CC(C)(C)OC(=O)N[C@H](Cc1ncccn1)C(F)(F)COCc1ccccc1. The molecular weight excluding hydrogens is 368 g/mol. The maximum absolute atomic E-state index is 14.8. The van der Waals surface area contributed by atoms with Crippen LogP contribution in [0.5, 0.6) is 0 Å². The van der Waals surface area contributed by atoms with Crippen molar-refractivity contribution in [3.8, 4) is 0 Å². The van der Waals surface area contributed by atoms with Gasteiger partial charge in [0, 0.05) is 18.8 Å². The van der Waals surface area contributed by atoms with Crippen molar-refractivity contribution < 1.29 is 23.0 Å². The molecule has 1 N–H and O–H groups in total. The Morgan fingerprint density at radius 2 is 1.75 bits per heavy atom. The third kappa shape index (κ3) is 7.56. The average Bonchev–Trinajstić information content (AvgIpc) is 2.61. The quantitative estimate of drug-likeness (QED) is 0.739. The fourth-order valence-corrected chi connectivity index (χ4v) is 2.35. The molecule has 8 heteroatoms. The number of alkyl halides is 2. The molecule has 0 aliphatic heterocycles. The first kappa shape index (κ1) is 21.7. The Morgan fingerprint density at radius 1 is 1.11 bits per heavy atom. The normalized spacial score (nSPS) is 13.0. The molecule has 0 radical (unpaired) electrons. The Labute approximate surface area is 163 Å². The molecule has 2 aromatic rings. The van der Waals surface area contributed by atoms with Gasteiger partial charge in [-0.2, -0.15) is 0 Å². The molecule has 0 unspecified atom stereocenters. The fourth-order valence-electron chi connectivity index (χ4n) is 2.35. The largest absolute Gasteiger partial charge is 0.444 e. The van der Waals surface area contributed by atoms with Crippen LogP contribution in [-0.4, -0.2) is 40.2 Å². The number of carbonyl (C=O) groups is 1. The van der Waals surface area contributed by atoms with Gasteiger partial charge in [-0.15, -0.1) is 0 Å². The van der Waals surface area contributed by atoms with Crippen molar-refractivity contribution in [2.24, 2.45) is 0 Å². The van der Waals surface area contributed by atoms with Gasteiger partial charge in [0.05, 0.1) is 6.61 Å². The van der Waals surface area contributed by atoms with E-state index in [9.17, 15) is 13.6 Å². The third-order valence-corrected chi connectivity index (χ3v) is 3.61. The van der Waals surface area contributed by atoms with E-state index in [0.29, 0.717) is 0 Å². The van der Waals surface area contributed by atoms with E-state index >= 15 is 0 Å². The summed E-state index contributed by atoms with van der Waals surface area (Å²) in [6.07, 6.45) is 1.71. The van der Waals surface area contributed by atoms with E-state index < -0.39 is 30.3 Å². The van der Waals surface area contributed by atoms with E-state index in [0.717, 1.165) is 5.56 Å². The summed E-state index contributed by atoms with van der Waals surface area (Å²) in [6, 6.07) is 9.01. The van der Waals surface area contributed by atoms with Crippen molar-refractivity contribution in [3.63, 3.8) is 0 Å². The molecule has 1 heterocycles. The molecule has 2 rings (SSSR count). The van der Waals surface area contributed by atoms with Gasteiger partial charge < -0.3 is 14.8 Å². The number of ether oxygens (including phenoxy) is 2. The Hall–Kier alpha value is -2.61. The van der Waals surface area contributed by atoms with Crippen molar-refractivity contribution in [3.05, 3.63) is 60.2 Å². The summed E-state index contributed by atoms with van der Waals surface area (Å²) in [7, 11) is 0. The number of halogens is 2. The summed E-state index contributed by atoms with van der Waals surface area (Å²) in [4.78, 5) is 20.0. The van der Waals surface area contributed by atoms with Gasteiger partial charge in [0.2, 0.25) is 0 Å². The van der Waals surface area contributed by atoms with Gasteiger partial charge in [-0.1, -0.05) is 30.3 Å². The van der Waals surface area contributed by atoms with Crippen LogP contribution in [0.3, 0.4) is 0 Å². The third-order valence-electron chi connectivity index (χ3n) is 3.61. The molecule has 0 saturated heterocycles. The molecule has 0 aliphatic carbocycles. The van der Waals surface area contributed by atoms with Gasteiger partial charge in [0.25, 0.3) is 5.92 Å². The summed E-state index contributed by atoms with van der Waals surface area (Å²) >= 11 is 0. The second kappa shape index (κ2) is 9.54. The molecule has 0 bridgehead atoms. The standard InChI is InChI=1S/C20H25F2N3O3/c1-19(2,3)28-18(26)25-16(12-17-23-10-7-11-24-17)20(21,22)14-27-13-15-8-5-4-6-9-15/h4-11,16H,12-14H2,1-3H3,(H,25,26)/t16-/m1/s1. The van der Waals surface area contributed by atoms with Crippen molar-refractivity contribution in [2.75, 3.05) is 6.61 Å². The molecule has 1 aromatic carbocycles. The summed E-state index contributed by atoms with van der Waals surface area (Å²) in [6.45, 7) is 4.14. The maximum atomic E-state index is 14.8. The number of aromatic nitrogens is 2. The Kier molecular flexibility index (Phi) is 7.39. The number of nitrogens with one attached hydrogen (secondary N) is 1. The van der Waals surface area contributed by atoms with Crippen LogP contribution in [0.2, 0.25) is 0 Å². The van der Waals surface area contributed by atoms with Gasteiger partial charge >= 0.3 is 6.09 Å². The van der Waals surface area contributed by atoms with Crippen molar-refractivity contribution in [1.82, 2.24) is 15.3 Å². The van der Waals surface area contributed by atoms with Gasteiger partial charge in [-0.3, -0.25) is 0 Å². The Balaban J connectivity index is 2.05. The van der Waals surface area contributed by atoms with E-state index in [4.69, 9.17) is 9.47 Å². The number of alkyl carbamates (subject to hydrolysis) is 1. The predicted octanol–water partition coefficient (Wildman–Crippen LogP) is 3.76. The van der Waals surface area contributed by atoms with E-state index in [-0.39, 0.29) is 18.9 Å². The lowest BCUT2D eigenvalue weighted by molar-refractivity contribution is -0.105. The Bertz CT molecular complexity index is 737. The number of carbonyl (C=O) groups excluding carboxylic acids is 1. The van der Waals surface area contributed by atoms with Crippen molar-refractivity contribution >= 4 is 6.09 Å². The van der Waals surface area contributed by atoms with E-state index in [1.165, 1.54) is 12.4 Å². The second-order valence-electron chi connectivity index (χ2n) is 7.31. The molecule has 1 aromatic heterocycles. The summed E-state index contributed by atoms with van der Waals surface area (Å²) in [5.41, 5.74) is -0.0295. The van der Waals surface area contributed by atoms with E-state index in [1.54, 1.807) is 51.1 Å². The molecule has 0 fully saturated rings. The number of nitrogens with zero attached hydrogens (tertiary/aromatic N) is 2. The molecule has 1 amide bonds. The van der Waals surface area contributed by atoms with Crippen LogP contribution in [0.1, 0.15) is 32.2 Å². The fraction of sp³-hybridized carbons (Fsp3) is 0.450. The second-order valence-corrected chi connectivity index (χ2v) is 7.31. The highest BCUT2D eigenvalue weighted by Crippen LogP contribution is 2.23. The zero-order valence-corrected chi connectivity index (χ0v) is 16.2. The van der Waals surface area contributed by atoms with Crippen LogP contribution >= 0.6 is 0 Å². The van der Waals surface area contributed by atoms with Gasteiger partial charge in [0.1, 0.15) is 24.1 Å². The average molecular weight is 393 g/mol. The van der Waals surface area contributed by atoms with Gasteiger partial charge in [-0.25, -0.2) is 23.5 Å². The van der Waals surface area contributed by atoms with Crippen LogP contribution in [0.4, 0.5) is 13.6 Å². The molecule has 0 aliphatic rings. The highest BCUT2D eigenvalue weighted by atomic mass is 19.3. The maximum Gasteiger partial charge on any atom is 0.408 e. The van der Waals surface area contributed by atoms with E-state index in [2.05, 4.69) is 15.3 Å². The Morgan fingerprint density at radius 3 is 2.36 bits per heavy atom. The highest BCUT2D eigenvalue weighted by molar-refractivity contribution is 5.68.